The average molecular weight is 413 g/mol. The number of ketones is 1. The predicted molar refractivity (Wildman–Crippen MR) is 104 cm³/mol. The minimum absolute atomic E-state index is 0.110. The minimum Gasteiger partial charge on any atom is -0.468 e. The van der Waals surface area contributed by atoms with E-state index in [1.807, 2.05) is 6.92 Å². The molecule has 0 radical (unpaired) electrons. The van der Waals surface area contributed by atoms with Crippen LogP contribution in [-0.4, -0.2) is 38.7 Å². The van der Waals surface area contributed by atoms with E-state index in [0.29, 0.717) is 46.0 Å². The van der Waals surface area contributed by atoms with Crippen molar-refractivity contribution in [3.05, 3.63) is 46.3 Å². The largest absolute Gasteiger partial charge is 0.468 e. The number of ether oxygens (including phenoxy) is 4. The van der Waals surface area contributed by atoms with E-state index in [4.69, 9.17) is 18.9 Å². The minimum atomic E-state index is -0.927. The summed E-state index contributed by atoms with van der Waals surface area (Å²) in [6.45, 7) is 3.73. The number of carbonyl (C=O) groups excluding carboxylic acids is 3. The highest BCUT2D eigenvalue weighted by molar-refractivity contribution is 6.12. The van der Waals surface area contributed by atoms with Gasteiger partial charge in [-0.2, -0.15) is 0 Å². The van der Waals surface area contributed by atoms with Gasteiger partial charge in [0.1, 0.15) is 5.92 Å². The summed E-state index contributed by atoms with van der Waals surface area (Å²) < 4.78 is 20.8. The number of rotatable bonds is 3. The standard InChI is InChI=1S/C22H23NO7/c1-10-7-13-19(20(24)16(10)21(25)27-3)18(17(11(2)23-13)22(26)28-4)12-5-6-14-15(8-12)30-9-29-14/h5-6,8,10,16,18,23H,7,9H2,1-4H3/t10-,16-,18+/m1/s1. The van der Waals surface area contributed by atoms with E-state index >= 15 is 0 Å². The third-order valence-electron chi connectivity index (χ3n) is 5.88. The van der Waals surface area contributed by atoms with Crippen LogP contribution < -0.4 is 14.8 Å². The molecule has 1 aliphatic carbocycles. The fraction of sp³-hybridized carbons (Fsp3) is 0.409. The molecule has 30 heavy (non-hydrogen) atoms. The lowest BCUT2D eigenvalue weighted by Gasteiger charge is -2.38. The quantitative estimate of drug-likeness (QED) is 0.595. The highest BCUT2D eigenvalue weighted by Gasteiger charge is 2.47. The van der Waals surface area contributed by atoms with Gasteiger partial charge in [0.2, 0.25) is 6.79 Å². The number of hydrogen-bond acceptors (Lipinski definition) is 8. The second-order valence-electron chi connectivity index (χ2n) is 7.64. The summed E-state index contributed by atoms with van der Waals surface area (Å²) in [5.41, 5.74) is 2.70. The zero-order valence-electron chi connectivity index (χ0n) is 17.2. The predicted octanol–water partition coefficient (Wildman–Crippen LogP) is 2.20. The van der Waals surface area contributed by atoms with Crippen molar-refractivity contribution >= 4 is 17.7 Å². The Morgan fingerprint density at radius 2 is 1.87 bits per heavy atom. The van der Waals surface area contributed by atoms with Gasteiger partial charge in [-0.3, -0.25) is 9.59 Å². The van der Waals surface area contributed by atoms with Crippen LogP contribution in [0.25, 0.3) is 0 Å². The fourth-order valence-corrected chi connectivity index (χ4v) is 4.49. The molecule has 2 heterocycles. The molecule has 4 rings (SSSR count). The number of methoxy groups -OCH3 is 2. The first-order valence-corrected chi connectivity index (χ1v) is 9.68. The molecule has 3 aliphatic rings. The van der Waals surface area contributed by atoms with Crippen LogP contribution in [0.3, 0.4) is 0 Å². The van der Waals surface area contributed by atoms with Crippen molar-refractivity contribution in [3.8, 4) is 11.5 Å². The first kappa shape index (κ1) is 20.0. The molecule has 0 fully saturated rings. The maximum Gasteiger partial charge on any atom is 0.336 e. The van der Waals surface area contributed by atoms with E-state index in [0.717, 1.165) is 0 Å². The molecular weight excluding hydrogens is 390 g/mol. The van der Waals surface area contributed by atoms with E-state index in [1.54, 1.807) is 25.1 Å². The Balaban J connectivity index is 1.88. The number of benzene rings is 1. The topological polar surface area (TPSA) is 100 Å². The Morgan fingerprint density at radius 1 is 1.13 bits per heavy atom. The molecule has 0 spiro atoms. The highest BCUT2D eigenvalue weighted by atomic mass is 16.7. The summed E-state index contributed by atoms with van der Waals surface area (Å²) in [7, 11) is 2.57. The second-order valence-corrected chi connectivity index (χ2v) is 7.64. The monoisotopic (exact) mass is 413 g/mol. The SMILES string of the molecule is COC(=O)C1=C(C)NC2=C(C(=O)[C@H](C(=O)OC)[C@H](C)C2)[C@H]1c1ccc2c(c1)OCO2. The molecule has 8 heteroatoms. The zero-order chi connectivity index (χ0) is 21.6. The molecule has 1 aromatic carbocycles. The fourth-order valence-electron chi connectivity index (χ4n) is 4.49. The maximum absolute atomic E-state index is 13.5. The highest BCUT2D eigenvalue weighted by Crippen LogP contribution is 2.47. The molecule has 8 nitrogen and oxygen atoms in total. The van der Waals surface area contributed by atoms with E-state index in [-0.39, 0.29) is 18.5 Å². The number of Topliss-reactive ketones (excluding diaryl/α,β-unsaturated/α-hetero) is 1. The van der Waals surface area contributed by atoms with Crippen molar-refractivity contribution in [1.82, 2.24) is 5.32 Å². The van der Waals surface area contributed by atoms with Gasteiger partial charge in [0.05, 0.1) is 19.8 Å². The number of nitrogens with one attached hydrogen (secondary N) is 1. The molecule has 0 amide bonds. The van der Waals surface area contributed by atoms with E-state index < -0.39 is 23.8 Å². The summed E-state index contributed by atoms with van der Waals surface area (Å²) in [5, 5.41) is 3.20. The lowest BCUT2D eigenvalue weighted by molar-refractivity contribution is -0.151. The number of esters is 2. The Hall–Kier alpha value is -3.29. The van der Waals surface area contributed by atoms with Gasteiger partial charge in [-0.25, -0.2) is 4.79 Å². The first-order valence-electron chi connectivity index (χ1n) is 9.68. The molecule has 1 aromatic rings. The summed E-state index contributed by atoms with van der Waals surface area (Å²) in [4.78, 5) is 38.6. The van der Waals surface area contributed by atoms with Crippen LogP contribution in [0.4, 0.5) is 0 Å². The van der Waals surface area contributed by atoms with Crippen LogP contribution >= 0.6 is 0 Å². The molecule has 3 atom stereocenters. The smallest absolute Gasteiger partial charge is 0.336 e. The van der Waals surface area contributed by atoms with Gasteiger partial charge in [0.25, 0.3) is 0 Å². The van der Waals surface area contributed by atoms with Gasteiger partial charge in [0.15, 0.2) is 17.3 Å². The van der Waals surface area contributed by atoms with Crippen LogP contribution in [0.1, 0.15) is 31.7 Å². The molecule has 2 aliphatic heterocycles. The normalized spacial score (nSPS) is 24.9. The molecule has 0 aromatic heterocycles. The number of dihydropyridines is 1. The second kappa shape index (κ2) is 7.51. The summed E-state index contributed by atoms with van der Waals surface area (Å²) in [6, 6.07) is 5.30. The van der Waals surface area contributed by atoms with Crippen molar-refractivity contribution in [3.63, 3.8) is 0 Å². The molecule has 0 saturated carbocycles. The first-order chi connectivity index (χ1) is 14.4. The number of carbonyl (C=O) groups is 3. The Labute approximate surface area is 173 Å². The maximum atomic E-state index is 13.5. The van der Waals surface area contributed by atoms with Crippen LogP contribution in [0.2, 0.25) is 0 Å². The van der Waals surface area contributed by atoms with Crippen LogP contribution in [0, 0.1) is 11.8 Å². The Bertz CT molecular complexity index is 1010. The van der Waals surface area contributed by atoms with Crippen molar-refractivity contribution in [1.29, 1.82) is 0 Å². The Morgan fingerprint density at radius 3 is 2.57 bits per heavy atom. The third kappa shape index (κ3) is 3.03. The van der Waals surface area contributed by atoms with Crippen LogP contribution in [0.15, 0.2) is 40.7 Å². The van der Waals surface area contributed by atoms with Gasteiger partial charge in [-0.05, 0) is 37.0 Å². The average Bonchev–Trinajstić information content (AvgIpc) is 3.19. The van der Waals surface area contributed by atoms with Gasteiger partial charge in [-0.15, -0.1) is 0 Å². The summed E-state index contributed by atoms with van der Waals surface area (Å²) in [5.74, 6) is -2.19. The molecule has 158 valence electrons. The van der Waals surface area contributed by atoms with Gasteiger partial charge < -0.3 is 24.3 Å². The van der Waals surface area contributed by atoms with Crippen molar-refractivity contribution in [2.45, 2.75) is 26.2 Å². The van der Waals surface area contributed by atoms with Crippen molar-refractivity contribution in [2.24, 2.45) is 11.8 Å². The molecule has 0 bridgehead atoms. The van der Waals surface area contributed by atoms with Crippen LogP contribution in [0.5, 0.6) is 11.5 Å². The lowest BCUT2D eigenvalue weighted by atomic mass is 9.69. The van der Waals surface area contributed by atoms with Gasteiger partial charge in [0, 0.05) is 22.9 Å². The van der Waals surface area contributed by atoms with E-state index in [1.165, 1.54) is 14.2 Å². The summed E-state index contributed by atoms with van der Waals surface area (Å²) >= 11 is 0. The zero-order valence-corrected chi connectivity index (χ0v) is 17.2. The number of hydrogen-bond donors (Lipinski definition) is 1. The van der Waals surface area contributed by atoms with Gasteiger partial charge in [-0.1, -0.05) is 13.0 Å². The Kier molecular flexibility index (Phi) is 5.01. The number of fused-ring (bicyclic) bond motifs is 1. The lowest BCUT2D eigenvalue weighted by Crippen LogP contribution is -2.43. The van der Waals surface area contributed by atoms with Gasteiger partial charge >= 0.3 is 11.9 Å². The molecular formula is C22H23NO7. The van der Waals surface area contributed by atoms with E-state index in [2.05, 4.69) is 5.32 Å². The molecule has 1 N–H and O–H groups in total. The van der Waals surface area contributed by atoms with Crippen molar-refractivity contribution < 1.29 is 33.3 Å². The van der Waals surface area contributed by atoms with E-state index in [9.17, 15) is 14.4 Å². The number of allylic oxidation sites excluding steroid dienone is 3. The molecule has 0 saturated heterocycles. The summed E-state index contributed by atoms with van der Waals surface area (Å²) in [6.07, 6.45) is 0.480. The third-order valence-corrected chi connectivity index (χ3v) is 5.88. The van der Waals surface area contributed by atoms with Crippen molar-refractivity contribution in [2.75, 3.05) is 21.0 Å². The molecule has 0 unspecified atom stereocenters. The van der Waals surface area contributed by atoms with Crippen LogP contribution in [-0.2, 0) is 23.9 Å².